The van der Waals surface area contributed by atoms with Gasteiger partial charge in [0.2, 0.25) is 5.91 Å². The standard InChI is InChI=1S/C15H29N5O2/c1-15(2,3)20-11-12(10-13(20)21)18-14(22)17-6-9-19-7-4-16-5-8-19/h12,16H,4-11H2,1-3H3,(H2,17,18,22). The first kappa shape index (κ1) is 17.0. The molecule has 22 heavy (non-hydrogen) atoms. The second kappa shape index (κ2) is 7.28. The van der Waals surface area contributed by atoms with Crippen LogP contribution < -0.4 is 16.0 Å². The summed E-state index contributed by atoms with van der Waals surface area (Å²) in [6.45, 7) is 12.2. The molecule has 7 heteroatoms. The maximum absolute atomic E-state index is 12.0. The van der Waals surface area contributed by atoms with E-state index in [9.17, 15) is 9.59 Å². The number of carbonyl (C=O) groups excluding carboxylic acids is 2. The average Bonchev–Trinajstić information content (AvgIpc) is 2.80. The maximum Gasteiger partial charge on any atom is 0.315 e. The minimum atomic E-state index is -0.188. The van der Waals surface area contributed by atoms with Crippen LogP contribution in [0.4, 0.5) is 4.79 Å². The highest BCUT2D eigenvalue weighted by Gasteiger charge is 2.36. The molecule has 3 amide bonds. The summed E-state index contributed by atoms with van der Waals surface area (Å²) in [6, 6.07) is -0.269. The summed E-state index contributed by atoms with van der Waals surface area (Å²) in [5.74, 6) is 0.110. The Hall–Kier alpha value is -1.34. The van der Waals surface area contributed by atoms with Crippen LogP contribution in [0.15, 0.2) is 0 Å². The van der Waals surface area contributed by atoms with Crippen LogP contribution in [0.2, 0.25) is 0 Å². The third-order valence-corrected chi connectivity index (χ3v) is 4.19. The van der Waals surface area contributed by atoms with Crippen LogP contribution in [-0.2, 0) is 4.79 Å². The van der Waals surface area contributed by atoms with E-state index in [4.69, 9.17) is 0 Å². The molecule has 1 unspecified atom stereocenters. The molecular weight excluding hydrogens is 282 g/mol. The van der Waals surface area contributed by atoms with Crippen molar-refractivity contribution >= 4 is 11.9 Å². The minimum Gasteiger partial charge on any atom is -0.337 e. The molecule has 0 aromatic carbocycles. The number of nitrogens with zero attached hydrogens (tertiary/aromatic N) is 2. The molecule has 2 fully saturated rings. The Balaban J connectivity index is 1.66. The molecule has 2 aliphatic heterocycles. The van der Waals surface area contributed by atoms with Crippen molar-refractivity contribution in [3.05, 3.63) is 0 Å². The summed E-state index contributed by atoms with van der Waals surface area (Å²) in [5, 5.41) is 9.09. The van der Waals surface area contributed by atoms with Gasteiger partial charge in [0.25, 0.3) is 0 Å². The lowest BCUT2D eigenvalue weighted by molar-refractivity contribution is -0.131. The smallest absolute Gasteiger partial charge is 0.315 e. The van der Waals surface area contributed by atoms with Crippen molar-refractivity contribution < 1.29 is 9.59 Å². The molecule has 0 radical (unpaired) electrons. The molecule has 0 spiro atoms. The highest BCUT2D eigenvalue weighted by Crippen LogP contribution is 2.21. The lowest BCUT2D eigenvalue weighted by Crippen LogP contribution is -2.49. The normalized spacial score (nSPS) is 23.7. The summed E-state index contributed by atoms with van der Waals surface area (Å²) in [4.78, 5) is 28.1. The number of carbonyl (C=O) groups is 2. The van der Waals surface area contributed by atoms with Crippen molar-refractivity contribution in [1.82, 2.24) is 25.8 Å². The Morgan fingerprint density at radius 3 is 2.59 bits per heavy atom. The van der Waals surface area contributed by atoms with E-state index in [1.165, 1.54) is 0 Å². The van der Waals surface area contributed by atoms with Gasteiger partial charge in [-0.3, -0.25) is 9.69 Å². The van der Waals surface area contributed by atoms with Crippen molar-refractivity contribution in [2.24, 2.45) is 0 Å². The third kappa shape index (κ3) is 4.84. The molecule has 7 nitrogen and oxygen atoms in total. The fourth-order valence-corrected chi connectivity index (χ4v) is 2.95. The van der Waals surface area contributed by atoms with Crippen molar-refractivity contribution in [3.63, 3.8) is 0 Å². The van der Waals surface area contributed by atoms with Gasteiger partial charge in [-0.05, 0) is 20.8 Å². The number of urea groups is 1. The van der Waals surface area contributed by atoms with E-state index in [1.54, 1.807) is 0 Å². The zero-order valence-electron chi connectivity index (χ0n) is 13.9. The lowest BCUT2D eigenvalue weighted by atomic mass is 10.1. The molecule has 0 aromatic heterocycles. The first-order valence-corrected chi connectivity index (χ1v) is 8.14. The number of piperazine rings is 1. The number of rotatable bonds is 4. The molecule has 2 heterocycles. The number of hydrogen-bond acceptors (Lipinski definition) is 4. The molecule has 0 aromatic rings. The van der Waals surface area contributed by atoms with E-state index >= 15 is 0 Å². The van der Waals surface area contributed by atoms with E-state index in [0.29, 0.717) is 19.5 Å². The van der Waals surface area contributed by atoms with Crippen LogP contribution in [0.5, 0.6) is 0 Å². The van der Waals surface area contributed by atoms with Gasteiger partial charge in [-0.15, -0.1) is 0 Å². The summed E-state index contributed by atoms with van der Waals surface area (Å²) < 4.78 is 0. The zero-order chi connectivity index (χ0) is 16.2. The molecular formula is C15H29N5O2. The second-order valence-electron chi connectivity index (χ2n) is 7.07. The largest absolute Gasteiger partial charge is 0.337 e. The summed E-state index contributed by atoms with van der Waals surface area (Å²) in [7, 11) is 0. The second-order valence-corrected chi connectivity index (χ2v) is 7.07. The topological polar surface area (TPSA) is 76.7 Å². The van der Waals surface area contributed by atoms with Crippen molar-refractivity contribution in [3.8, 4) is 0 Å². The summed E-state index contributed by atoms with van der Waals surface area (Å²) in [5.41, 5.74) is -0.188. The van der Waals surface area contributed by atoms with Gasteiger partial charge in [0.15, 0.2) is 0 Å². The highest BCUT2D eigenvalue weighted by molar-refractivity contribution is 5.82. The van der Waals surface area contributed by atoms with Crippen LogP contribution >= 0.6 is 0 Å². The van der Waals surface area contributed by atoms with Gasteiger partial charge >= 0.3 is 6.03 Å². The molecule has 126 valence electrons. The molecule has 0 aliphatic carbocycles. The molecule has 2 saturated heterocycles. The van der Waals surface area contributed by atoms with Crippen LogP contribution in [0.1, 0.15) is 27.2 Å². The van der Waals surface area contributed by atoms with Crippen molar-refractivity contribution in [2.75, 3.05) is 45.8 Å². The minimum absolute atomic E-state index is 0.0917. The predicted octanol–water partition coefficient (Wildman–Crippen LogP) is -0.410. The SMILES string of the molecule is CC(C)(C)N1CC(NC(=O)NCCN2CCNCC2)CC1=O. The Morgan fingerprint density at radius 2 is 2.00 bits per heavy atom. The molecule has 0 bridgehead atoms. The van der Waals surface area contributed by atoms with Gasteiger partial charge in [-0.1, -0.05) is 0 Å². The number of hydrogen-bond donors (Lipinski definition) is 3. The molecule has 3 N–H and O–H groups in total. The number of nitrogens with one attached hydrogen (secondary N) is 3. The predicted molar refractivity (Wildman–Crippen MR) is 85.7 cm³/mol. The van der Waals surface area contributed by atoms with Crippen LogP contribution in [0.25, 0.3) is 0 Å². The van der Waals surface area contributed by atoms with Gasteiger partial charge in [0.1, 0.15) is 0 Å². The number of amides is 3. The average molecular weight is 311 g/mol. The van der Waals surface area contributed by atoms with Crippen LogP contribution in [0, 0.1) is 0 Å². The van der Waals surface area contributed by atoms with E-state index < -0.39 is 0 Å². The Bertz CT molecular complexity index is 401. The molecule has 1 atom stereocenters. The van der Waals surface area contributed by atoms with E-state index in [1.807, 2.05) is 25.7 Å². The highest BCUT2D eigenvalue weighted by atomic mass is 16.2. The van der Waals surface area contributed by atoms with Gasteiger partial charge in [0, 0.05) is 57.8 Å². The van der Waals surface area contributed by atoms with Gasteiger partial charge < -0.3 is 20.9 Å². The lowest BCUT2D eigenvalue weighted by Gasteiger charge is -2.32. The molecule has 0 saturated carbocycles. The Kier molecular flexibility index (Phi) is 5.63. The third-order valence-electron chi connectivity index (χ3n) is 4.19. The molecule has 2 aliphatic rings. The zero-order valence-corrected chi connectivity index (χ0v) is 13.9. The summed E-state index contributed by atoms with van der Waals surface area (Å²) >= 11 is 0. The molecule has 2 rings (SSSR count). The Morgan fingerprint density at radius 1 is 1.32 bits per heavy atom. The van der Waals surface area contributed by atoms with E-state index in [2.05, 4.69) is 20.9 Å². The fraction of sp³-hybridized carbons (Fsp3) is 0.867. The first-order valence-electron chi connectivity index (χ1n) is 8.14. The fourth-order valence-electron chi connectivity index (χ4n) is 2.95. The van der Waals surface area contributed by atoms with Crippen molar-refractivity contribution in [1.29, 1.82) is 0 Å². The van der Waals surface area contributed by atoms with Gasteiger partial charge in [-0.2, -0.15) is 0 Å². The van der Waals surface area contributed by atoms with Crippen LogP contribution in [0.3, 0.4) is 0 Å². The first-order chi connectivity index (χ1) is 10.4. The van der Waals surface area contributed by atoms with E-state index in [0.717, 1.165) is 32.7 Å². The van der Waals surface area contributed by atoms with Gasteiger partial charge in [0.05, 0.1) is 6.04 Å². The van der Waals surface area contributed by atoms with Gasteiger partial charge in [-0.25, -0.2) is 4.79 Å². The van der Waals surface area contributed by atoms with Crippen molar-refractivity contribution in [2.45, 2.75) is 38.8 Å². The summed E-state index contributed by atoms with van der Waals surface area (Å²) in [6.07, 6.45) is 0.391. The quantitative estimate of drug-likeness (QED) is 0.660. The monoisotopic (exact) mass is 311 g/mol. The number of likely N-dealkylation sites (tertiary alicyclic amines) is 1. The maximum atomic E-state index is 12.0. The van der Waals surface area contributed by atoms with E-state index in [-0.39, 0.29) is 23.5 Å². The van der Waals surface area contributed by atoms with Crippen LogP contribution in [-0.4, -0.2) is 79.1 Å². The Labute approximate surface area is 132 Å².